The van der Waals surface area contributed by atoms with E-state index in [2.05, 4.69) is 18.5 Å². The average Bonchev–Trinajstić information content (AvgIpc) is 2.46. The van der Waals surface area contributed by atoms with Gasteiger partial charge in [-0.1, -0.05) is 23.8 Å². The van der Waals surface area contributed by atoms with Crippen molar-refractivity contribution in [1.82, 2.24) is 4.90 Å². The lowest BCUT2D eigenvalue weighted by Gasteiger charge is -2.19. The van der Waals surface area contributed by atoms with Gasteiger partial charge in [-0.25, -0.2) is 0 Å². The highest BCUT2D eigenvalue weighted by Gasteiger charge is 2.21. The quantitative estimate of drug-likeness (QED) is 0.649. The topological polar surface area (TPSA) is 58.6 Å². The third kappa shape index (κ3) is 4.65. The van der Waals surface area contributed by atoms with Crippen molar-refractivity contribution in [2.75, 3.05) is 25.5 Å². The number of nitrogens with zero attached hydrogens (tertiary/aromatic N) is 1. The van der Waals surface area contributed by atoms with Gasteiger partial charge in [-0.15, -0.1) is 13.2 Å². The number of nitrogens with one attached hydrogen (secondary N) is 1. The summed E-state index contributed by atoms with van der Waals surface area (Å²) in [5.41, 5.74) is 0.334. The van der Waals surface area contributed by atoms with Gasteiger partial charge in [-0.3, -0.25) is 9.59 Å². The number of methoxy groups -OCH3 is 1. The van der Waals surface area contributed by atoms with Gasteiger partial charge < -0.3 is 15.0 Å². The summed E-state index contributed by atoms with van der Waals surface area (Å²) in [5.74, 6) is -1.05. The number of hydrogen-bond donors (Lipinski definition) is 1. The number of benzene rings is 1. The normalized spacial score (nSPS) is 9.62. The smallest absolute Gasteiger partial charge is 0.314 e. The average molecular weight is 309 g/mol. The fourth-order valence-corrected chi connectivity index (χ4v) is 1.82. The monoisotopic (exact) mass is 308 g/mol. The Labute approximate surface area is 128 Å². The highest BCUT2D eigenvalue weighted by molar-refractivity contribution is 6.40. The molecule has 0 radical (unpaired) electrons. The summed E-state index contributed by atoms with van der Waals surface area (Å²) in [6, 6.07) is 4.74. The van der Waals surface area contributed by atoms with E-state index >= 15 is 0 Å². The molecule has 0 atom stereocenters. The molecule has 0 aliphatic heterocycles. The van der Waals surface area contributed by atoms with E-state index in [-0.39, 0.29) is 13.1 Å². The molecule has 21 heavy (non-hydrogen) atoms. The van der Waals surface area contributed by atoms with Crippen LogP contribution < -0.4 is 10.1 Å². The largest absolute Gasteiger partial charge is 0.495 e. The molecule has 0 aliphatic rings. The minimum absolute atomic E-state index is 0.255. The fraction of sp³-hybridized carbons (Fsp3) is 0.200. The summed E-state index contributed by atoms with van der Waals surface area (Å²) < 4.78 is 5.11. The molecule has 0 heterocycles. The van der Waals surface area contributed by atoms with Gasteiger partial charge in [0.25, 0.3) is 0 Å². The summed E-state index contributed by atoms with van der Waals surface area (Å²) in [4.78, 5) is 25.4. The van der Waals surface area contributed by atoms with Crippen molar-refractivity contribution in [3.05, 3.63) is 48.5 Å². The zero-order valence-electron chi connectivity index (χ0n) is 11.8. The Balaban J connectivity index is 2.89. The predicted molar refractivity (Wildman–Crippen MR) is 83.6 cm³/mol. The Hall–Kier alpha value is -2.27. The summed E-state index contributed by atoms with van der Waals surface area (Å²) in [7, 11) is 1.46. The van der Waals surface area contributed by atoms with Crippen LogP contribution in [0.1, 0.15) is 0 Å². The molecule has 2 amide bonds. The molecule has 0 spiro atoms. The minimum Gasteiger partial charge on any atom is -0.495 e. The molecule has 6 heteroatoms. The molecule has 1 aromatic rings. The van der Waals surface area contributed by atoms with E-state index in [1.165, 1.54) is 30.2 Å². The number of anilines is 1. The Kier molecular flexibility index (Phi) is 6.49. The van der Waals surface area contributed by atoms with Crippen molar-refractivity contribution in [2.24, 2.45) is 0 Å². The van der Waals surface area contributed by atoms with E-state index in [1.807, 2.05) is 0 Å². The van der Waals surface area contributed by atoms with Gasteiger partial charge in [0.15, 0.2) is 0 Å². The van der Waals surface area contributed by atoms with Crippen LogP contribution in [0.2, 0.25) is 5.02 Å². The first-order chi connectivity index (χ1) is 10.0. The first-order valence-electron chi connectivity index (χ1n) is 6.19. The highest BCUT2D eigenvalue weighted by atomic mass is 35.5. The third-order valence-electron chi connectivity index (χ3n) is 2.59. The van der Waals surface area contributed by atoms with E-state index in [9.17, 15) is 9.59 Å². The fourth-order valence-electron chi connectivity index (χ4n) is 1.65. The van der Waals surface area contributed by atoms with Crippen molar-refractivity contribution in [3.63, 3.8) is 0 Å². The molecule has 0 aliphatic carbocycles. The number of rotatable bonds is 6. The maximum Gasteiger partial charge on any atom is 0.314 e. The summed E-state index contributed by atoms with van der Waals surface area (Å²) in [6.07, 6.45) is 3.07. The molecule has 0 unspecified atom stereocenters. The van der Waals surface area contributed by atoms with Crippen LogP contribution in [0, 0.1) is 0 Å². The Morgan fingerprint density at radius 1 is 1.33 bits per heavy atom. The highest BCUT2D eigenvalue weighted by Crippen LogP contribution is 2.27. The molecule has 1 aromatic carbocycles. The Bertz CT molecular complexity index is 548. The van der Waals surface area contributed by atoms with Crippen molar-refractivity contribution in [1.29, 1.82) is 0 Å². The molecule has 112 valence electrons. The molecular weight excluding hydrogens is 292 g/mol. The lowest BCUT2D eigenvalue weighted by atomic mass is 10.3. The Morgan fingerprint density at radius 3 is 2.48 bits per heavy atom. The van der Waals surface area contributed by atoms with E-state index in [1.54, 1.807) is 12.1 Å². The van der Waals surface area contributed by atoms with Crippen molar-refractivity contribution >= 4 is 29.1 Å². The van der Waals surface area contributed by atoms with Crippen molar-refractivity contribution < 1.29 is 14.3 Å². The van der Waals surface area contributed by atoms with Crippen LogP contribution in [-0.4, -0.2) is 36.9 Å². The van der Waals surface area contributed by atoms with Gasteiger partial charge in [-0.05, 0) is 18.2 Å². The van der Waals surface area contributed by atoms with Crippen molar-refractivity contribution in [3.8, 4) is 5.75 Å². The number of hydrogen-bond acceptors (Lipinski definition) is 3. The van der Waals surface area contributed by atoms with E-state index in [0.717, 1.165) is 0 Å². The first kappa shape index (κ1) is 16.8. The van der Waals surface area contributed by atoms with E-state index < -0.39 is 11.8 Å². The zero-order chi connectivity index (χ0) is 15.8. The van der Waals surface area contributed by atoms with Gasteiger partial charge in [0.2, 0.25) is 0 Å². The standard InChI is InChI=1S/C15H17ClN2O3/c1-4-8-18(9-5-2)15(20)14(19)17-12-10-11(16)6-7-13(12)21-3/h4-7,10H,1-2,8-9H2,3H3,(H,17,19). The van der Waals surface area contributed by atoms with Gasteiger partial charge in [0.05, 0.1) is 12.8 Å². The molecule has 0 bridgehead atoms. The molecule has 0 saturated carbocycles. The molecule has 0 saturated heterocycles. The molecule has 0 fully saturated rings. The first-order valence-corrected chi connectivity index (χ1v) is 6.56. The molecule has 1 N–H and O–H groups in total. The van der Waals surface area contributed by atoms with Gasteiger partial charge in [0, 0.05) is 18.1 Å². The third-order valence-corrected chi connectivity index (χ3v) is 2.83. The summed E-state index contributed by atoms with van der Waals surface area (Å²) in [5, 5.41) is 2.91. The molecular formula is C15H17ClN2O3. The zero-order valence-corrected chi connectivity index (χ0v) is 12.5. The number of carbonyl (C=O) groups is 2. The second-order valence-corrected chi connectivity index (χ2v) is 4.52. The summed E-state index contributed by atoms with van der Waals surface area (Å²) in [6.45, 7) is 7.61. The van der Waals surface area contributed by atoms with Crippen LogP contribution in [0.3, 0.4) is 0 Å². The predicted octanol–water partition coefficient (Wildman–Crippen LogP) is 2.49. The Morgan fingerprint density at radius 2 is 1.95 bits per heavy atom. The lowest BCUT2D eigenvalue weighted by Crippen LogP contribution is -2.39. The van der Waals surface area contributed by atoms with E-state index in [4.69, 9.17) is 16.3 Å². The van der Waals surface area contributed by atoms with Crippen LogP contribution in [-0.2, 0) is 9.59 Å². The second kappa shape index (κ2) is 8.11. The van der Waals surface area contributed by atoms with Crippen LogP contribution >= 0.6 is 11.6 Å². The lowest BCUT2D eigenvalue weighted by molar-refractivity contribution is -0.142. The molecule has 5 nitrogen and oxygen atoms in total. The number of ether oxygens (including phenoxy) is 1. The van der Waals surface area contributed by atoms with Gasteiger partial charge in [-0.2, -0.15) is 0 Å². The number of carbonyl (C=O) groups excluding carboxylic acids is 2. The van der Waals surface area contributed by atoms with Crippen LogP contribution in [0.15, 0.2) is 43.5 Å². The minimum atomic E-state index is -0.778. The van der Waals surface area contributed by atoms with Gasteiger partial charge in [0.1, 0.15) is 5.75 Å². The van der Waals surface area contributed by atoms with Gasteiger partial charge >= 0.3 is 11.8 Å². The number of halogens is 1. The number of amides is 2. The van der Waals surface area contributed by atoms with Crippen LogP contribution in [0.25, 0.3) is 0 Å². The molecule has 1 rings (SSSR count). The molecule has 0 aromatic heterocycles. The maximum absolute atomic E-state index is 12.1. The van der Waals surface area contributed by atoms with E-state index in [0.29, 0.717) is 16.5 Å². The van der Waals surface area contributed by atoms with Crippen LogP contribution in [0.4, 0.5) is 5.69 Å². The van der Waals surface area contributed by atoms with Crippen LogP contribution in [0.5, 0.6) is 5.75 Å². The summed E-state index contributed by atoms with van der Waals surface area (Å²) >= 11 is 5.87. The van der Waals surface area contributed by atoms with Crippen molar-refractivity contribution in [2.45, 2.75) is 0 Å². The SMILES string of the molecule is C=CCN(CC=C)C(=O)C(=O)Nc1cc(Cl)ccc1OC. The maximum atomic E-state index is 12.1. The second-order valence-electron chi connectivity index (χ2n) is 4.09.